The van der Waals surface area contributed by atoms with Crippen LogP contribution in [0.4, 0.5) is 18.9 Å². The first kappa shape index (κ1) is 32.9. The van der Waals surface area contributed by atoms with Crippen molar-refractivity contribution in [1.29, 1.82) is 0 Å². The largest absolute Gasteiger partial charge is 0.416 e. The zero-order valence-electron chi connectivity index (χ0n) is 23.9. The number of rotatable bonds is 9. The van der Waals surface area contributed by atoms with E-state index in [0.29, 0.717) is 21.0 Å². The number of halogens is 4. The predicted molar refractivity (Wildman–Crippen MR) is 157 cm³/mol. The number of alkyl halides is 3. The molecule has 3 rings (SSSR count). The van der Waals surface area contributed by atoms with E-state index in [-0.39, 0.29) is 17.1 Å². The molecule has 42 heavy (non-hydrogen) atoms. The van der Waals surface area contributed by atoms with E-state index in [4.69, 9.17) is 11.6 Å². The minimum Gasteiger partial charge on any atom is -0.350 e. The van der Waals surface area contributed by atoms with E-state index in [1.807, 2.05) is 0 Å². The summed E-state index contributed by atoms with van der Waals surface area (Å²) in [6, 6.07) is 15.0. The molecule has 0 heterocycles. The minimum absolute atomic E-state index is 0.0876. The number of nitrogens with zero attached hydrogens (tertiary/aromatic N) is 2. The highest BCUT2D eigenvalue weighted by molar-refractivity contribution is 7.92. The lowest BCUT2D eigenvalue weighted by atomic mass is 10.1. The van der Waals surface area contributed by atoms with Crippen LogP contribution in [-0.4, -0.2) is 43.3 Å². The number of aryl methyl sites for hydroxylation is 1. The minimum atomic E-state index is -4.75. The van der Waals surface area contributed by atoms with Gasteiger partial charge in [-0.2, -0.15) is 13.2 Å². The third-order valence-corrected chi connectivity index (χ3v) is 8.32. The molecule has 1 atom stereocenters. The zero-order chi connectivity index (χ0) is 31.5. The van der Waals surface area contributed by atoms with Crippen molar-refractivity contribution < 1.29 is 31.2 Å². The molecule has 0 bridgehead atoms. The second kappa shape index (κ2) is 12.7. The Labute approximate surface area is 249 Å². The number of hydrogen-bond donors (Lipinski definition) is 1. The fourth-order valence-electron chi connectivity index (χ4n) is 4.05. The molecule has 3 aromatic carbocycles. The molecule has 0 aliphatic carbocycles. The first-order chi connectivity index (χ1) is 19.4. The highest BCUT2D eigenvalue weighted by Gasteiger charge is 2.35. The summed E-state index contributed by atoms with van der Waals surface area (Å²) in [4.78, 5) is 28.0. The third kappa shape index (κ3) is 8.48. The first-order valence-corrected chi connectivity index (χ1v) is 14.8. The lowest BCUT2D eigenvalue weighted by Crippen LogP contribution is -2.54. The van der Waals surface area contributed by atoms with Gasteiger partial charge >= 0.3 is 6.18 Å². The monoisotopic (exact) mass is 623 g/mol. The van der Waals surface area contributed by atoms with Gasteiger partial charge in [-0.1, -0.05) is 47.5 Å². The lowest BCUT2D eigenvalue weighted by molar-refractivity contribution is -0.140. The van der Waals surface area contributed by atoms with Crippen LogP contribution in [-0.2, 0) is 32.3 Å². The van der Waals surface area contributed by atoms with Gasteiger partial charge in [0.15, 0.2) is 0 Å². The van der Waals surface area contributed by atoms with Crippen molar-refractivity contribution in [2.24, 2.45) is 0 Å². The Morgan fingerprint density at radius 3 is 2.10 bits per heavy atom. The molecule has 0 saturated carbocycles. The molecule has 0 unspecified atom stereocenters. The van der Waals surface area contributed by atoms with Crippen LogP contribution in [0.5, 0.6) is 0 Å². The van der Waals surface area contributed by atoms with Crippen molar-refractivity contribution in [3.63, 3.8) is 0 Å². The molecule has 2 amide bonds. The Morgan fingerprint density at radius 1 is 0.952 bits per heavy atom. The first-order valence-electron chi connectivity index (χ1n) is 13.0. The second-order valence-corrected chi connectivity index (χ2v) is 13.2. The SMILES string of the molecule is Cc1ccc(S(=O)(=O)N(CC(=O)N(Cc2ccc(Cl)cc2)[C@@H](C)C(=O)NC(C)(C)C)c2cccc(C(F)(F)F)c2)cc1. The van der Waals surface area contributed by atoms with Crippen molar-refractivity contribution >= 4 is 39.1 Å². The normalized spacial score (nSPS) is 12.9. The number of benzene rings is 3. The van der Waals surface area contributed by atoms with Crippen molar-refractivity contribution in [2.45, 2.75) is 63.8 Å². The van der Waals surface area contributed by atoms with Crippen molar-refractivity contribution in [2.75, 3.05) is 10.8 Å². The van der Waals surface area contributed by atoms with Crippen LogP contribution < -0.4 is 9.62 Å². The van der Waals surface area contributed by atoms with Gasteiger partial charge < -0.3 is 10.2 Å². The van der Waals surface area contributed by atoms with Crippen LogP contribution >= 0.6 is 11.6 Å². The van der Waals surface area contributed by atoms with Gasteiger partial charge in [0.1, 0.15) is 12.6 Å². The van der Waals surface area contributed by atoms with Gasteiger partial charge in [-0.15, -0.1) is 0 Å². The van der Waals surface area contributed by atoms with E-state index in [0.717, 1.165) is 17.7 Å². The summed E-state index contributed by atoms with van der Waals surface area (Å²) in [5, 5.41) is 3.26. The van der Waals surface area contributed by atoms with E-state index in [1.54, 1.807) is 64.1 Å². The molecule has 3 aromatic rings. The van der Waals surface area contributed by atoms with E-state index in [9.17, 15) is 31.2 Å². The van der Waals surface area contributed by atoms with Crippen LogP contribution in [0.3, 0.4) is 0 Å². The molecule has 0 saturated heterocycles. The van der Waals surface area contributed by atoms with E-state index >= 15 is 0 Å². The predicted octanol–water partition coefficient (Wildman–Crippen LogP) is 6.19. The summed E-state index contributed by atoms with van der Waals surface area (Å²) in [6.45, 7) is 7.61. The maximum absolute atomic E-state index is 13.9. The topological polar surface area (TPSA) is 86.8 Å². The van der Waals surface area contributed by atoms with Crippen molar-refractivity contribution in [1.82, 2.24) is 10.2 Å². The number of nitrogens with one attached hydrogen (secondary N) is 1. The van der Waals surface area contributed by atoms with Gasteiger partial charge in [-0.05, 0) is 82.6 Å². The van der Waals surface area contributed by atoms with Crippen LogP contribution in [0, 0.1) is 6.92 Å². The number of hydrogen-bond acceptors (Lipinski definition) is 4. The molecular formula is C30H33ClF3N3O4S. The molecule has 0 aliphatic heterocycles. The molecule has 0 fully saturated rings. The summed E-state index contributed by atoms with van der Waals surface area (Å²) in [7, 11) is -4.51. The van der Waals surface area contributed by atoms with Gasteiger partial charge in [-0.25, -0.2) is 8.42 Å². The fraction of sp³-hybridized carbons (Fsp3) is 0.333. The third-order valence-electron chi connectivity index (χ3n) is 6.28. The van der Waals surface area contributed by atoms with Gasteiger partial charge in [0.2, 0.25) is 11.8 Å². The molecule has 226 valence electrons. The molecule has 1 N–H and O–H groups in total. The van der Waals surface area contributed by atoms with Crippen LogP contribution in [0.25, 0.3) is 0 Å². The molecule has 0 radical (unpaired) electrons. The molecular weight excluding hydrogens is 591 g/mol. The highest BCUT2D eigenvalue weighted by atomic mass is 35.5. The Kier molecular flexibility index (Phi) is 10.00. The summed E-state index contributed by atoms with van der Waals surface area (Å²) < 4.78 is 69.1. The fourth-order valence-corrected chi connectivity index (χ4v) is 5.58. The summed E-state index contributed by atoms with van der Waals surface area (Å²) in [5.74, 6) is -1.29. The molecule has 0 spiro atoms. The number of anilines is 1. The van der Waals surface area contributed by atoms with E-state index in [2.05, 4.69) is 5.32 Å². The van der Waals surface area contributed by atoms with E-state index < -0.39 is 51.7 Å². The summed E-state index contributed by atoms with van der Waals surface area (Å²) in [6.07, 6.45) is -4.75. The smallest absolute Gasteiger partial charge is 0.350 e. The summed E-state index contributed by atoms with van der Waals surface area (Å²) >= 11 is 6.00. The van der Waals surface area contributed by atoms with Gasteiger partial charge in [0.25, 0.3) is 10.0 Å². The van der Waals surface area contributed by atoms with Crippen molar-refractivity contribution in [3.8, 4) is 0 Å². The standard InChI is InChI=1S/C30H33ClF3N3O4S/c1-20-9-15-26(16-10-20)42(40,41)37(25-8-6-7-23(17-25)30(32,33)34)19-27(38)36(18-22-11-13-24(31)14-12-22)21(2)28(39)35-29(3,4)5/h6-17,21H,18-19H2,1-5H3,(H,35,39)/t21-/m0/s1. The Balaban J connectivity index is 2.10. The van der Waals surface area contributed by atoms with Crippen molar-refractivity contribution in [3.05, 3.63) is 94.5 Å². The Hall–Kier alpha value is -3.57. The molecule has 0 aromatic heterocycles. The van der Waals surface area contributed by atoms with Gasteiger partial charge in [-0.3, -0.25) is 13.9 Å². The van der Waals surface area contributed by atoms with Crippen LogP contribution in [0.2, 0.25) is 5.02 Å². The second-order valence-electron chi connectivity index (χ2n) is 10.9. The zero-order valence-corrected chi connectivity index (χ0v) is 25.4. The molecule has 0 aliphatic rings. The van der Waals surface area contributed by atoms with Gasteiger partial charge in [0.05, 0.1) is 16.1 Å². The van der Waals surface area contributed by atoms with Crippen LogP contribution in [0.1, 0.15) is 44.4 Å². The average molecular weight is 624 g/mol. The Morgan fingerprint density at radius 2 is 1.55 bits per heavy atom. The lowest BCUT2D eigenvalue weighted by Gasteiger charge is -2.33. The molecule has 12 heteroatoms. The quantitative estimate of drug-likeness (QED) is 0.308. The molecule has 7 nitrogen and oxygen atoms in total. The number of carbonyl (C=O) groups excluding carboxylic acids is 2. The number of carbonyl (C=O) groups is 2. The Bertz CT molecular complexity index is 1520. The van der Waals surface area contributed by atoms with E-state index in [1.165, 1.54) is 30.0 Å². The van der Waals surface area contributed by atoms with Gasteiger partial charge in [0, 0.05) is 17.1 Å². The average Bonchev–Trinajstić information content (AvgIpc) is 2.89. The number of sulfonamides is 1. The number of amides is 2. The highest BCUT2D eigenvalue weighted by Crippen LogP contribution is 2.33. The maximum Gasteiger partial charge on any atom is 0.416 e. The van der Waals surface area contributed by atoms with Crippen LogP contribution in [0.15, 0.2) is 77.7 Å². The summed E-state index contributed by atoms with van der Waals surface area (Å²) in [5.41, 5.74) is -0.678. The maximum atomic E-state index is 13.9.